The van der Waals surface area contributed by atoms with Crippen molar-refractivity contribution in [1.82, 2.24) is 4.98 Å². The first-order chi connectivity index (χ1) is 7.56. The van der Waals surface area contributed by atoms with Crippen molar-refractivity contribution in [2.75, 3.05) is 18.1 Å². The van der Waals surface area contributed by atoms with Crippen molar-refractivity contribution >= 4 is 38.2 Å². The van der Waals surface area contributed by atoms with E-state index in [1.807, 2.05) is 0 Å². The van der Waals surface area contributed by atoms with Gasteiger partial charge < -0.3 is 11.1 Å². The second-order valence-electron chi connectivity index (χ2n) is 3.22. The topological polar surface area (TPSA) is 50.9 Å². The van der Waals surface area contributed by atoms with E-state index in [0.717, 1.165) is 6.07 Å². The lowest BCUT2D eigenvalue weighted by Gasteiger charge is -2.10. The molecule has 0 aliphatic heterocycles. The average molecular weight is 288 g/mol. The van der Waals surface area contributed by atoms with Gasteiger partial charge in [0.1, 0.15) is 5.82 Å². The molecule has 3 nitrogen and oxygen atoms in total. The predicted octanol–water partition coefficient (Wildman–Crippen LogP) is 2.90. The Labute approximate surface area is 98.8 Å². The van der Waals surface area contributed by atoms with Crippen LogP contribution in [0.1, 0.15) is 0 Å². The van der Waals surface area contributed by atoms with E-state index in [-0.39, 0.29) is 15.4 Å². The summed E-state index contributed by atoms with van der Waals surface area (Å²) in [6.45, 7) is 0. The molecule has 0 saturated carbocycles. The lowest BCUT2D eigenvalue weighted by molar-refractivity contribution is 0.580. The molecule has 0 bridgehead atoms. The van der Waals surface area contributed by atoms with E-state index in [4.69, 9.17) is 5.73 Å². The highest BCUT2D eigenvalue weighted by molar-refractivity contribution is 9.10. The molecule has 2 aromatic rings. The zero-order valence-corrected chi connectivity index (χ0v) is 9.90. The summed E-state index contributed by atoms with van der Waals surface area (Å²) < 4.78 is 26.9. The highest BCUT2D eigenvalue weighted by atomic mass is 79.9. The van der Waals surface area contributed by atoms with E-state index in [9.17, 15) is 8.78 Å². The smallest absolute Gasteiger partial charge is 0.151 e. The van der Waals surface area contributed by atoms with Gasteiger partial charge in [-0.2, -0.15) is 0 Å². The SMILES string of the molecule is CNc1c(N)cnc2cc(F)c(Br)c(F)c12. The van der Waals surface area contributed by atoms with Crippen LogP contribution in [0.5, 0.6) is 0 Å². The first-order valence-electron chi connectivity index (χ1n) is 4.45. The number of benzene rings is 1. The molecular formula is C10H8BrF2N3. The molecule has 0 aliphatic rings. The van der Waals surface area contributed by atoms with Gasteiger partial charge in [0.05, 0.1) is 32.9 Å². The molecule has 0 spiro atoms. The largest absolute Gasteiger partial charge is 0.396 e. The third-order valence-corrected chi connectivity index (χ3v) is 3.00. The minimum Gasteiger partial charge on any atom is -0.396 e. The number of anilines is 2. The quantitative estimate of drug-likeness (QED) is 0.793. The van der Waals surface area contributed by atoms with Gasteiger partial charge in [-0.05, 0) is 15.9 Å². The molecule has 3 N–H and O–H groups in total. The van der Waals surface area contributed by atoms with Gasteiger partial charge in [-0.15, -0.1) is 0 Å². The van der Waals surface area contributed by atoms with E-state index >= 15 is 0 Å². The van der Waals surface area contributed by atoms with Gasteiger partial charge in [-0.3, -0.25) is 4.98 Å². The van der Waals surface area contributed by atoms with Crippen molar-refractivity contribution in [3.63, 3.8) is 0 Å². The Hall–Kier alpha value is -1.43. The van der Waals surface area contributed by atoms with E-state index in [1.165, 1.54) is 6.20 Å². The number of fused-ring (bicyclic) bond motifs is 1. The Kier molecular flexibility index (Phi) is 2.67. The normalized spacial score (nSPS) is 10.8. The summed E-state index contributed by atoms with van der Waals surface area (Å²) in [6, 6.07) is 1.16. The molecule has 6 heteroatoms. The van der Waals surface area contributed by atoms with Gasteiger partial charge in [-0.25, -0.2) is 8.78 Å². The number of rotatable bonds is 1. The van der Waals surface area contributed by atoms with E-state index in [1.54, 1.807) is 7.05 Å². The molecule has 0 aliphatic carbocycles. The maximum atomic E-state index is 13.9. The van der Waals surface area contributed by atoms with Crippen molar-refractivity contribution < 1.29 is 8.78 Å². The van der Waals surface area contributed by atoms with Gasteiger partial charge in [0, 0.05) is 13.1 Å². The third-order valence-electron chi connectivity index (χ3n) is 2.27. The van der Waals surface area contributed by atoms with Crippen LogP contribution in [0.15, 0.2) is 16.7 Å². The van der Waals surface area contributed by atoms with Crippen LogP contribution in [0.4, 0.5) is 20.2 Å². The first kappa shape index (κ1) is 11.1. The third kappa shape index (κ3) is 1.49. The summed E-state index contributed by atoms with van der Waals surface area (Å²) in [4.78, 5) is 3.89. The zero-order valence-electron chi connectivity index (χ0n) is 8.31. The minimum absolute atomic E-state index is 0.177. The predicted molar refractivity (Wildman–Crippen MR) is 63.3 cm³/mol. The number of halogens is 3. The molecule has 1 aromatic carbocycles. The Bertz CT molecular complexity index is 572. The van der Waals surface area contributed by atoms with Gasteiger partial charge in [0.25, 0.3) is 0 Å². The average Bonchev–Trinajstić information content (AvgIpc) is 2.27. The van der Waals surface area contributed by atoms with E-state index in [2.05, 4.69) is 26.2 Å². The molecule has 0 saturated heterocycles. The van der Waals surface area contributed by atoms with Crippen LogP contribution in [0, 0.1) is 11.6 Å². The number of hydrogen-bond acceptors (Lipinski definition) is 3. The summed E-state index contributed by atoms with van der Waals surface area (Å²) in [5, 5.41) is 2.95. The molecule has 1 heterocycles. The van der Waals surface area contributed by atoms with E-state index < -0.39 is 11.6 Å². The van der Waals surface area contributed by atoms with Crippen LogP contribution in [0.3, 0.4) is 0 Å². The standard InChI is InChI=1S/C10H8BrF2N3/c1-15-10-5(14)3-16-6-2-4(12)8(11)9(13)7(6)10/h2-3H,14H2,1H3,(H,15,16). The van der Waals surface area contributed by atoms with Gasteiger partial charge in [0.15, 0.2) is 5.82 Å². The molecule has 16 heavy (non-hydrogen) atoms. The lowest BCUT2D eigenvalue weighted by Crippen LogP contribution is -2.00. The van der Waals surface area contributed by atoms with Crippen LogP contribution in [-0.4, -0.2) is 12.0 Å². The minimum atomic E-state index is -0.709. The lowest BCUT2D eigenvalue weighted by atomic mass is 10.1. The number of nitrogens with two attached hydrogens (primary N) is 1. The second kappa shape index (κ2) is 3.86. The molecule has 84 valence electrons. The molecule has 1 aromatic heterocycles. The van der Waals surface area contributed by atoms with Crippen molar-refractivity contribution in [2.24, 2.45) is 0 Å². The van der Waals surface area contributed by atoms with Crippen molar-refractivity contribution in [2.45, 2.75) is 0 Å². The van der Waals surface area contributed by atoms with Crippen LogP contribution in [0.2, 0.25) is 0 Å². The molecule has 0 amide bonds. The highest BCUT2D eigenvalue weighted by Gasteiger charge is 2.16. The highest BCUT2D eigenvalue weighted by Crippen LogP contribution is 2.34. The summed E-state index contributed by atoms with van der Waals surface area (Å²) in [5.41, 5.74) is 6.59. The summed E-state index contributed by atoms with van der Waals surface area (Å²) in [5.74, 6) is -1.40. The number of aromatic nitrogens is 1. The van der Waals surface area contributed by atoms with Crippen molar-refractivity contribution in [3.8, 4) is 0 Å². The molecule has 0 radical (unpaired) electrons. The van der Waals surface area contributed by atoms with Crippen molar-refractivity contribution in [1.29, 1.82) is 0 Å². The van der Waals surface area contributed by atoms with Crippen molar-refractivity contribution in [3.05, 3.63) is 28.4 Å². The molecule has 0 fully saturated rings. The van der Waals surface area contributed by atoms with Crippen LogP contribution in [0.25, 0.3) is 10.9 Å². The molecule has 0 unspecified atom stereocenters. The van der Waals surface area contributed by atoms with E-state index in [0.29, 0.717) is 11.4 Å². The number of pyridine rings is 1. The van der Waals surface area contributed by atoms with Gasteiger partial charge in [0.2, 0.25) is 0 Å². The Balaban J connectivity index is 2.97. The van der Waals surface area contributed by atoms with Gasteiger partial charge in [-0.1, -0.05) is 0 Å². The van der Waals surface area contributed by atoms with Crippen LogP contribution < -0.4 is 11.1 Å². The summed E-state index contributed by atoms with van der Waals surface area (Å²) in [6.07, 6.45) is 1.36. The monoisotopic (exact) mass is 287 g/mol. The Morgan fingerprint density at radius 3 is 2.75 bits per heavy atom. The Morgan fingerprint density at radius 2 is 2.12 bits per heavy atom. The van der Waals surface area contributed by atoms with Crippen LogP contribution >= 0.6 is 15.9 Å². The van der Waals surface area contributed by atoms with Crippen LogP contribution in [-0.2, 0) is 0 Å². The fourth-order valence-corrected chi connectivity index (χ4v) is 1.85. The number of nitrogens with one attached hydrogen (secondary N) is 1. The number of hydrogen-bond donors (Lipinski definition) is 2. The summed E-state index contributed by atoms with van der Waals surface area (Å²) in [7, 11) is 1.61. The maximum Gasteiger partial charge on any atom is 0.151 e. The Morgan fingerprint density at radius 1 is 1.44 bits per heavy atom. The molecule has 2 rings (SSSR count). The first-order valence-corrected chi connectivity index (χ1v) is 5.25. The van der Waals surface area contributed by atoms with Gasteiger partial charge >= 0.3 is 0 Å². The molecule has 0 atom stereocenters. The fraction of sp³-hybridized carbons (Fsp3) is 0.100. The molecular weight excluding hydrogens is 280 g/mol. The fourth-order valence-electron chi connectivity index (χ4n) is 1.54. The number of nitrogens with zero attached hydrogens (tertiary/aromatic N) is 1. The zero-order chi connectivity index (χ0) is 11.9. The second-order valence-corrected chi connectivity index (χ2v) is 4.01. The maximum absolute atomic E-state index is 13.9. The number of nitrogen functional groups attached to an aromatic ring is 1. The summed E-state index contributed by atoms with van der Waals surface area (Å²) >= 11 is 2.84.